The molecule has 0 fully saturated rings. The first-order valence-corrected chi connectivity index (χ1v) is 5.72. The third-order valence-electron chi connectivity index (χ3n) is 2.92. The van der Waals surface area contributed by atoms with Gasteiger partial charge < -0.3 is 0 Å². The number of hydrogen-bond donors (Lipinski definition) is 0. The van der Waals surface area contributed by atoms with Gasteiger partial charge in [0.05, 0.1) is 5.02 Å². The normalized spacial score (nSPS) is 10.5. The molecule has 1 radical (unpaired) electrons. The molecule has 1 heteroatoms. The Hall–Kier alpha value is -1.27. The molecule has 2 aromatic rings. The molecular weight excluding hydrogens is 216 g/mol. The van der Waals surface area contributed by atoms with Crippen molar-refractivity contribution < 1.29 is 0 Å². The highest BCUT2D eigenvalue weighted by molar-refractivity contribution is 6.34. The Balaban J connectivity index is 2.59. The second-order valence-corrected chi connectivity index (χ2v) is 4.53. The van der Waals surface area contributed by atoms with E-state index in [4.69, 9.17) is 11.6 Å². The molecule has 2 rings (SSSR count). The van der Waals surface area contributed by atoms with E-state index >= 15 is 0 Å². The monoisotopic (exact) mass is 229 g/mol. The van der Waals surface area contributed by atoms with Crippen molar-refractivity contribution in [3.05, 3.63) is 58.1 Å². The molecule has 0 spiro atoms. The van der Waals surface area contributed by atoms with Gasteiger partial charge >= 0.3 is 0 Å². The van der Waals surface area contributed by atoms with E-state index in [2.05, 4.69) is 38.1 Å². The minimum atomic E-state index is 0.797. The standard InChI is InChI=1S/C15H14Cl/c1-10-7-8-13(9-12(10)3)14-6-4-5-11(2)15(14)16/h4-5,7-9H,1-3H3. The van der Waals surface area contributed by atoms with Gasteiger partial charge in [0, 0.05) is 5.56 Å². The summed E-state index contributed by atoms with van der Waals surface area (Å²) in [6, 6.07) is 13.5. The molecule has 2 aromatic carbocycles. The zero-order chi connectivity index (χ0) is 11.7. The van der Waals surface area contributed by atoms with E-state index in [0.717, 1.165) is 21.7 Å². The van der Waals surface area contributed by atoms with Crippen LogP contribution in [0.25, 0.3) is 11.1 Å². The van der Waals surface area contributed by atoms with Crippen LogP contribution in [0, 0.1) is 26.8 Å². The maximum atomic E-state index is 6.29. The Bertz CT molecular complexity index is 527. The summed E-state index contributed by atoms with van der Waals surface area (Å²) in [6.45, 7) is 6.24. The van der Waals surface area contributed by atoms with Crippen LogP contribution >= 0.6 is 11.6 Å². The van der Waals surface area contributed by atoms with Gasteiger partial charge in [0.2, 0.25) is 0 Å². The molecule has 0 heterocycles. The quantitative estimate of drug-likeness (QED) is 0.663. The smallest absolute Gasteiger partial charge is 0.0519 e. The van der Waals surface area contributed by atoms with Crippen molar-refractivity contribution in [1.29, 1.82) is 0 Å². The van der Waals surface area contributed by atoms with Gasteiger partial charge in [0.15, 0.2) is 0 Å². The van der Waals surface area contributed by atoms with Crippen LogP contribution in [-0.4, -0.2) is 0 Å². The first kappa shape index (κ1) is 11.2. The number of rotatable bonds is 1. The van der Waals surface area contributed by atoms with Gasteiger partial charge in [-0.25, -0.2) is 0 Å². The molecule has 0 saturated carbocycles. The molecule has 0 aliphatic rings. The maximum absolute atomic E-state index is 6.29. The van der Waals surface area contributed by atoms with Crippen LogP contribution in [0.4, 0.5) is 0 Å². The number of benzene rings is 2. The Labute approximate surface area is 102 Å². The van der Waals surface area contributed by atoms with Crippen LogP contribution in [0.2, 0.25) is 5.02 Å². The highest BCUT2D eigenvalue weighted by Crippen LogP contribution is 2.30. The molecule has 0 aromatic heterocycles. The molecule has 0 nitrogen and oxygen atoms in total. The zero-order valence-corrected chi connectivity index (χ0v) is 10.5. The lowest BCUT2D eigenvalue weighted by molar-refractivity contribution is 1.34. The molecule has 0 bridgehead atoms. The third-order valence-corrected chi connectivity index (χ3v) is 3.41. The fourth-order valence-corrected chi connectivity index (χ4v) is 1.92. The molecular formula is C15H14Cl. The maximum Gasteiger partial charge on any atom is 0.0519 e. The van der Waals surface area contributed by atoms with Gasteiger partial charge in [-0.3, -0.25) is 0 Å². The lowest BCUT2D eigenvalue weighted by Gasteiger charge is -2.08. The number of aryl methyl sites for hydroxylation is 3. The molecule has 0 unspecified atom stereocenters. The van der Waals surface area contributed by atoms with E-state index in [-0.39, 0.29) is 0 Å². The van der Waals surface area contributed by atoms with Crippen LogP contribution in [0.15, 0.2) is 30.3 Å². The summed E-state index contributed by atoms with van der Waals surface area (Å²) in [5.41, 5.74) is 5.80. The summed E-state index contributed by atoms with van der Waals surface area (Å²) < 4.78 is 0. The van der Waals surface area contributed by atoms with E-state index < -0.39 is 0 Å². The lowest BCUT2D eigenvalue weighted by Crippen LogP contribution is -1.86. The molecule has 81 valence electrons. The Kier molecular flexibility index (Phi) is 3.02. The summed E-state index contributed by atoms with van der Waals surface area (Å²) in [7, 11) is 0. The van der Waals surface area contributed by atoms with Crippen LogP contribution in [0.5, 0.6) is 0 Å². The molecule has 0 aliphatic heterocycles. The van der Waals surface area contributed by atoms with Gasteiger partial charge in [0.25, 0.3) is 0 Å². The summed E-state index contributed by atoms with van der Waals surface area (Å²) in [6.07, 6.45) is 0. The average molecular weight is 230 g/mol. The van der Waals surface area contributed by atoms with E-state index in [0.29, 0.717) is 0 Å². The minimum absolute atomic E-state index is 0.797. The van der Waals surface area contributed by atoms with Crippen molar-refractivity contribution in [2.45, 2.75) is 20.8 Å². The second-order valence-electron chi connectivity index (χ2n) is 4.15. The number of halogens is 1. The highest BCUT2D eigenvalue weighted by atomic mass is 35.5. The van der Waals surface area contributed by atoms with Gasteiger partial charge in [-0.1, -0.05) is 41.9 Å². The third kappa shape index (κ3) is 1.98. The van der Waals surface area contributed by atoms with Crippen molar-refractivity contribution in [2.24, 2.45) is 0 Å². The van der Waals surface area contributed by atoms with Crippen LogP contribution in [0.1, 0.15) is 16.7 Å². The van der Waals surface area contributed by atoms with Crippen molar-refractivity contribution in [3.8, 4) is 11.1 Å². The predicted molar refractivity (Wildman–Crippen MR) is 69.9 cm³/mol. The van der Waals surface area contributed by atoms with Crippen molar-refractivity contribution >= 4 is 11.6 Å². The van der Waals surface area contributed by atoms with E-state index in [1.165, 1.54) is 11.1 Å². The van der Waals surface area contributed by atoms with Crippen LogP contribution < -0.4 is 0 Å². The highest BCUT2D eigenvalue weighted by Gasteiger charge is 2.06. The van der Waals surface area contributed by atoms with Gasteiger partial charge in [-0.05, 0) is 49.1 Å². The molecule has 0 atom stereocenters. The minimum Gasteiger partial charge on any atom is -0.0833 e. The molecule has 0 aliphatic carbocycles. The summed E-state index contributed by atoms with van der Waals surface area (Å²) in [5.74, 6) is 0. The van der Waals surface area contributed by atoms with Crippen molar-refractivity contribution in [3.63, 3.8) is 0 Å². The van der Waals surface area contributed by atoms with E-state index in [1.807, 2.05) is 19.1 Å². The summed E-state index contributed by atoms with van der Waals surface area (Å²) >= 11 is 6.29. The molecule has 0 N–H and O–H groups in total. The molecule has 0 amide bonds. The molecule has 0 saturated heterocycles. The van der Waals surface area contributed by atoms with Crippen LogP contribution in [-0.2, 0) is 0 Å². The zero-order valence-electron chi connectivity index (χ0n) is 9.76. The Morgan fingerprint density at radius 2 is 1.69 bits per heavy atom. The first-order valence-electron chi connectivity index (χ1n) is 5.34. The topological polar surface area (TPSA) is 0 Å². The first-order chi connectivity index (χ1) is 7.59. The largest absolute Gasteiger partial charge is 0.0833 e. The van der Waals surface area contributed by atoms with Gasteiger partial charge in [-0.15, -0.1) is 0 Å². The van der Waals surface area contributed by atoms with Crippen molar-refractivity contribution in [2.75, 3.05) is 0 Å². The summed E-state index contributed by atoms with van der Waals surface area (Å²) in [5, 5.41) is 0.797. The predicted octanol–water partition coefficient (Wildman–Crippen LogP) is 4.73. The Morgan fingerprint density at radius 1 is 0.938 bits per heavy atom. The second kappa shape index (κ2) is 4.31. The van der Waals surface area contributed by atoms with E-state index in [1.54, 1.807) is 0 Å². The van der Waals surface area contributed by atoms with Crippen LogP contribution in [0.3, 0.4) is 0 Å². The fourth-order valence-electron chi connectivity index (χ4n) is 1.69. The average Bonchev–Trinajstić information content (AvgIpc) is 2.26. The Morgan fingerprint density at radius 3 is 2.38 bits per heavy atom. The lowest BCUT2D eigenvalue weighted by atomic mass is 9.99. The molecule has 16 heavy (non-hydrogen) atoms. The fraction of sp³-hybridized carbons (Fsp3) is 0.200. The van der Waals surface area contributed by atoms with E-state index in [9.17, 15) is 0 Å². The van der Waals surface area contributed by atoms with Gasteiger partial charge in [0.1, 0.15) is 0 Å². The number of hydrogen-bond acceptors (Lipinski definition) is 0. The van der Waals surface area contributed by atoms with Crippen molar-refractivity contribution in [1.82, 2.24) is 0 Å². The summed E-state index contributed by atoms with van der Waals surface area (Å²) in [4.78, 5) is 0. The SMILES string of the molecule is Cc1ccc(-c2[c]ccc(C)c2Cl)cc1C. The van der Waals surface area contributed by atoms with Gasteiger partial charge in [-0.2, -0.15) is 0 Å².